The van der Waals surface area contributed by atoms with Gasteiger partial charge < -0.3 is 25.2 Å². The second-order valence-corrected chi connectivity index (χ2v) is 9.06. The molecule has 3 rings (SSSR count). The molecule has 7 nitrogen and oxygen atoms in total. The Balaban J connectivity index is 1.59. The molecule has 2 aromatic carbocycles. The number of hydrogen-bond donors (Lipinski definition) is 2. The van der Waals surface area contributed by atoms with E-state index in [9.17, 15) is 18.0 Å². The van der Waals surface area contributed by atoms with Crippen LogP contribution in [0.4, 0.5) is 18.9 Å². The molecule has 1 heterocycles. The number of likely N-dealkylation sites (N-methyl/N-ethyl adjacent to an activating group) is 1. The van der Waals surface area contributed by atoms with Gasteiger partial charge in [-0.25, -0.2) is 0 Å². The van der Waals surface area contributed by atoms with Gasteiger partial charge in [0.2, 0.25) is 0 Å². The molecule has 0 unspecified atom stereocenters. The molecule has 198 valence electrons. The third-order valence-electron chi connectivity index (χ3n) is 6.29. The number of anilines is 1. The Hall–Kier alpha value is -2.98. The summed E-state index contributed by atoms with van der Waals surface area (Å²) in [5.41, 5.74) is 9.19. The van der Waals surface area contributed by atoms with Gasteiger partial charge in [0.25, 0.3) is 5.91 Å². The summed E-state index contributed by atoms with van der Waals surface area (Å²) >= 11 is 0. The van der Waals surface area contributed by atoms with Crippen LogP contribution in [-0.2, 0) is 12.8 Å². The number of primary amides is 1. The van der Waals surface area contributed by atoms with Crippen molar-refractivity contribution in [2.45, 2.75) is 38.4 Å². The molecule has 0 saturated heterocycles. The van der Waals surface area contributed by atoms with Crippen LogP contribution >= 0.6 is 0 Å². The summed E-state index contributed by atoms with van der Waals surface area (Å²) in [6, 6.07) is 10.4. The lowest BCUT2D eigenvalue weighted by Crippen LogP contribution is -2.34. The van der Waals surface area contributed by atoms with Crippen LogP contribution in [-0.4, -0.2) is 74.6 Å². The number of para-hydroxylation sites is 2. The van der Waals surface area contributed by atoms with Gasteiger partial charge in [-0.3, -0.25) is 9.69 Å². The van der Waals surface area contributed by atoms with E-state index >= 15 is 0 Å². The zero-order chi connectivity index (χ0) is 26.3. The molecule has 0 saturated carbocycles. The van der Waals surface area contributed by atoms with Gasteiger partial charge in [-0.15, -0.1) is 0 Å². The SMILES string of the molecule is C[C@H](Cc1cc2c(c(C(N)=O)c1)N(CCCO)CC2)N(C)CCOc1ccccc1OCC(F)(F)F. The Morgan fingerprint density at radius 1 is 1.22 bits per heavy atom. The van der Waals surface area contributed by atoms with E-state index in [1.807, 2.05) is 13.1 Å². The van der Waals surface area contributed by atoms with Crippen molar-refractivity contribution < 1.29 is 32.5 Å². The molecule has 1 atom stereocenters. The quantitative estimate of drug-likeness (QED) is 0.430. The van der Waals surface area contributed by atoms with Crippen molar-refractivity contribution in [1.29, 1.82) is 0 Å². The number of aliphatic hydroxyl groups is 1. The van der Waals surface area contributed by atoms with Crippen LogP contribution in [0.2, 0.25) is 0 Å². The minimum Gasteiger partial charge on any atom is -0.488 e. The topological polar surface area (TPSA) is 88.3 Å². The highest BCUT2D eigenvalue weighted by Gasteiger charge is 2.29. The summed E-state index contributed by atoms with van der Waals surface area (Å²) in [6.45, 7) is 3.05. The number of ether oxygens (including phenoxy) is 2. The molecule has 3 N–H and O–H groups in total. The Morgan fingerprint density at radius 2 is 1.92 bits per heavy atom. The van der Waals surface area contributed by atoms with Gasteiger partial charge >= 0.3 is 6.18 Å². The number of aliphatic hydroxyl groups excluding tert-OH is 1. The molecule has 10 heteroatoms. The third kappa shape index (κ3) is 7.51. The predicted molar refractivity (Wildman–Crippen MR) is 132 cm³/mol. The van der Waals surface area contributed by atoms with Gasteiger partial charge in [0, 0.05) is 32.3 Å². The minimum absolute atomic E-state index is 0.0516. The van der Waals surface area contributed by atoms with Crippen LogP contribution in [0, 0.1) is 0 Å². The van der Waals surface area contributed by atoms with E-state index in [1.54, 1.807) is 18.2 Å². The van der Waals surface area contributed by atoms with Crippen LogP contribution < -0.4 is 20.1 Å². The zero-order valence-electron chi connectivity index (χ0n) is 20.7. The third-order valence-corrected chi connectivity index (χ3v) is 6.29. The molecular weight excluding hydrogens is 475 g/mol. The van der Waals surface area contributed by atoms with Crippen LogP contribution in [0.3, 0.4) is 0 Å². The molecule has 0 spiro atoms. The highest BCUT2D eigenvalue weighted by molar-refractivity contribution is 6.00. The van der Waals surface area contributed by atoms with Gasteiger partial charge in [0.1, 0.15) is 6.61 Å². The number of carbonyl (C=O) groups excluding carboxylic acids is 1. The van der Waals surface area contributed by atoms with E-state index in [0.29, 0.717) is 31.5 Å². The molecule has 0 aliphatic carbocycles. The van der Waals surface area contributed by atoms with Crippen LogP contribution in [0.5, 0.6) is 11.5 Å². The lowest BCUT2D eigenvalue weighted by molar-refractivity contribution is -0.153. The molecule has 36 heavy (non-hydrogen) atoms. The number of benzene rings is 2. The van der Waals surface area contributed by atoms with Crippen molar-refractivity contribution in [2.75, 3.05) is 51.4 Å². The van der Waals surface area contributed by atoms with Gasteiger partial charge in [-0.2, -0.15) is 13.2 Å². The summed E-state index contributed by atoms with van der Waals surface area (Å²) in [4.78, 5) is 16.4. The molecule has 0 radical (unpaired) electrons. The monoisotopic (exact) mass is 509 g/mol. The Bertz CT molecular complexity index is 1030. The largest absolute Gasteiger partial charge is 0.488 e. The number of hydrogen-bond acceptors (Lipinski definition) is 6. The predicted octanol–water partition coefficient (Wildman–Crippen LogP) is 3.41. The first-order chi connectivity index (χ1) is 17.1. The number of halogens is 3. The van der Waals surface area contributed by atoms with Crippen molar-refractivity contribution in [3.63, 3.8) is 0 Å². The summed E-state index contributed by atoms with van der Waals surface area (Å²) in [6.07, 6.45) is -2.29. The molecule has 1 amide bonds. The fraction of sp³-hybridized carbons (Fsp3) is 0.500. The highest BCUT2D eigenvalue weighted by atomic mass is 19.4. The number of amides is 1. The number of nitrogens with two attached hydrogens (primary N) is 1. The number of fused-ring (bicyclic) bond motifs is 1. The lowest BCUT2D eigenvalue weighted by Gasteiger charge is -2.26. The molecule has 0 fully saturated rings. The van der Waals surface area contributed by atoms with Crippen molar-refractivity contribution in [2.24, 2.45) is 5.73 Å². The second-order valence-electron chi connectivity index (χ2n) is 9.06. The van der Waals surface area contributed by atoms with E-state index in [0.717, 1.165) is 29.8 Å². The smallest absolute Gasteiger partial charge is 0.422 e. The fourth-order valence-electron chi connectivity index (χ4n) is 4.35. The maximum absolute atomic E-state index is 12.5. The Morgan fingerprint density at radius 3 is 2.56 bits per heavy atom. The lowest BCUT2D eigenvalue weighted by atomic mass is 9.97. The number of alkyl halides is 3. The molecule has 2 aromatic rings. The van der Waals surface area contributed by atoms with E-state index < -0.39 is 18.7 Å². The van der Waals surface area contributed by atoms with Crippen LogP contribution in [0.15, 0.2) is 36.4 Å². The maximum atomic E-state index is 12.5. The molecule has 1 aliphatic rings. The van der Waals surface area contributed by atoms with E-state index in [2.05, 4.69) is 22.8 Å². The van der Waals surface area contributed by atoms with Crippen molar-refractivity contribution in [1.82, 2.24) is 4.90 Å². The summed E-state index contributed by atoms with van der Waals surface area (Å²) in [5.74, 6) is -0.154. The number of nitrogens with zero attached hydrogens (tertiary/aromatic N) is 2. The first kappa shape index (κ1) is 27.6. The van der Waals surface area contributed by atoms with Gasteiger partial charge in [-0.05, 0) is 62.6 Å². The molecule has 1 aliphatic heterocycles. The zero-order valence-corrected chi connectivity index (χ0v) is 20.7. The molecule has 0 bridgehead atoms. The van der Waals surface area contributed by atoms with Gasteiger partial charge in [0.05, 0.1) is 11.3 Å². The number of carbonyl (C=O) groups is 1. The maximum Gasteiger partial charge on any atom is 0.422 e. The van der Waals surface area contributed by atoms with Crippen LogP contribution in [0.1, 0.15) is 34.8 Å². The Labute approximate surface area is 209 Å². The summed E-state index contributed by atoms with van der Waals surface area (Å²) in [5, 5.41) is 9.16. The fourth-order valence-corrected chi connectivity index (χ4v) is 4.35. The van der Waals surface area contributed by atoms with Crippen molar-refractivity contribution >= 4 is 11.6 Å². The summed E-state index contributed by atoms with van der Waals surface area (Å²) in [7, 11) is 1.94. The standard InChI is InChI=1S/C26H34F3N3O4/c1-18(31(2)11-13-35-22-6-3-4-7-23(22)36-17-26(27,28)29)14-19-15-20-8-10-32(9-5-12-33)24(20)21(16-19)25(30)34/h3-4,6-7,15-16,18,33H,5,8-14,17H2,1-2H3,(H2,30,34)/t18-/m1/s1. The van der Waals surface area contributed by atoms with E-state index in [-0.39, 0.29) is 30.8 Å². The molecule has 0 aromatic heterocycles. The van der Waals surface area contributed by atoms with Crippen molar-refractivity contribution in [3.8, 4) is 11.5 Å². The highest BCUT2D eigenvalue weighted by Crippen LogP contribution is 2.34. The average molecular weight is 510 g/mol. The first-order valence-electron chi connectivity index (χ1n) is 12.0. The molecular formula is C26H34F3N3O4. The Kier molecular flexibility index (Phi) is 9.44. The van der Waals surface area contributed by atoms with E-state index in [4.69, 9.17) is 20.3 Å². The minimum atomic E-state index is -4.42. The van der Waals surface area contributed by atoms with Gasteiger partial charge in [0.15, 0.2) is 18.1 Å². The first-order valence-corrected chi connectivity index (χ1v) is 12.0. The average Bonchev–Trinajstić information content (AvgIpc) is 3.23. The van der Waals surface area contributed by atoms with Crippen molar-refractivity contribution in [3.05, 3.63) is 53.1 Å². The van der Waals surface area contributed by atoms with Gasteiger partial charge in [-0.1, -0.05) is 18.2 Å². The number of rotatable bonds is 13. The summed E-state index contributed by atoms with van der Waals surface area (Å²) < 4.78 is 48.1. The van der Waals surface area contributed by atoms with Crippen LogP contribution in [0.25, 0.3) is 0 Å². The van der Waals surface area contributed by atoms with E-state index in [1.165, 1.54) is 6.07 Å². The second kappa shape index (κ2) is 12.3. The normalized spacial score (nSPS) is 14.1.